The molecule has 1 amide bonds. The number of amides is 1. The quantitative estimate of drug-likeness (QED) is 0.739. The van der Waals surface area contributed by atoms with Crippen molar-refractivity contribution in [3.05, 3.63) is 17.7 Å². The molecule has 5 fully saturated rings. The van der Waals surface area contributed by atoms with Gasteiger partial charge in [-0.05, 0) is 68.4 Å². The Balaban J connectivity index is 1.29. The number of nitrogens with zero attached hydrogens (tertiary/aromatic N) is 2. The molecule has 30 heavy (non-hydrogen) atoms. The van der Waals surface area contributed by atoms with Crippen LogP contribution in [0.5, 0.6) is 17.2 Å². The molecule has 0 radical (unpaired) electrons. The molecule has 0 aromatic heterocycles. The molecule has 1 aliphatic heterocycles. The van der Waals surface area contributed by atoms with E-state index in [4.69, 9.17) is 14.2 Å². The highest BCUT2D eigenvalue weighted by Gasteiger charge is 2.53. The van der Waals surface area contributed by atoms with E-state index in [0.29, 0.717) is 28.4 Å². The summed E-state index contributed by atoms with van der Waals surface area (Å²) in [4.78, 5) is 18.0. The van der Waals surface area contributed by atoms with Crippen molar-refractivity contribution in [3.8, 4) is 17.2 Å². The zero-order valence-electron chi connectivity index (χ0n) is 18.5. The number of benzene rings is 1. The number of ether oxygens (including phenoxy) is 3. The van der Waals surface area contributed by atoms with Gasteiger partial charge in [0.05, 0.1) is 21.3 Å². The Labute approximate surface area is 179 Å². The summed E-state index contributed by atoms with van der Waals surface area (Å²) in [5, 5.41) is 0. The zero-order valence-corrected chi connectivity index (χ0v) is 18.5. The number of rotatable bonds is 5. The lowest BCUT2D eigenvalue weighted by molar-refractivity contribution is -0.0987. The number of piperazine rings is 1. The normalized spacial score (nSPS) is 32.9. The smallest absolute Gasteiger partial charge is 0.254 e. The minimum atomic E-state index is 0.0411. The van der Waals surface area contributed by atoms with Crippen molar-refractivity contribution in [3.63, 3.8) is 0 Å². The lowest BCUT2D eigenvalue weighted by Gasteiger charge is -2.61. The Morgan fingerprint density at radius 2 is 1.33 bits per heavy atom. The fourth-order valence-electron chi connectivity index (χ4n) is 7.22. The maximum atomic E-state index is 13.2. The van der Waals surface area contributed by atoms with E-state index >= 15 is 0 Å². The molecule has 164 valence electrons. The van der Waals surface area contributed by atoms with Gasteiger partial charge in [-0.1, -0.05) is 0 Å². The molecule has 4 saturated carbocycles. The highest BCUT2D eigenvalue weighted by atomic mass is 16.5. The highest BCUT2D eigenvalue weighted by Crippen LogP contribution is 2.57. The second-order valence-corrected chi connectivity index (χ2v) is 9.84. The molecule has 6 nitrogen and oxygen atoms in total. The van der Waals surface area contributed by atoms with Gasteiger partial charge in [0.2, 0.25) is 5.75 Å². The van der Waals surface area contributed by atoms with Crippen LogP contribution in [0.4, 0.5) is 0 Å². The van der Waals surface area contributed by atoms with Crippen LogP contribution < -0.4 is 14.2 Å². The number of carbonyl (C=O) groups excluding carboxylic acids is 1. The first-order valence-electron chi connectivity index (χ1n) is 11.4. The van der Waals surface area contributed by atoms with Gasteiger partial charge in [-0.2, -0.15) is 0 Å². The van der Waals surface area contributed by atoms with Gasteiger partial charge in [-0.3, -0.25) is 9.69 Å². The number of hydrogen-bond acceptors (Lipinski definition) is 5. The Morgan fingerprint density at radius 3 is 1.77 bits per heavy atom. The first-order valence-corrected chi connectivity index (χ1v) is 11.4. The third-order valence-corrected chi connectivity index (χ3v) is 8.16. The maximum absolute atomic E-state index is 13.2. The van der Waals surface area contributed by atoms with Gasteiger partial charge < -0.3 is 19.1 Å². The van der Waals surface area contributed by atoms with E-state index in [0.717, 1.165) is 43.9 Å². The molecule has 0 unspecified atom stereocenters. The summed E-state index contributed by atoms with van der Waals surface area (Å²) in [5.74, 6) is 4.46. The SMILES string of the molecule is COc1cc(C(=O)N2CCN(C34CC5CC(CC(C5)C3)C4)CC2)cc(OC)c1OC. The maximum Gasteiger partial charge on any atom is 0.254 e. The zero-order chi connectivity index (χ0) is 20.9. The molecule has 6 heteroatoms. The van der Waals surface area contributed by atoms with Gasteiger partial charge in [-0.25, -0.2) is 0 Å². The number of carbonyl (C=O) groups is 1. The molecule has 6 rings (SSSR count). The molecule has 4 bridgehead atoms. The van der Waals surface area contributed by atoms with Gasteiger partial charge in [0, 0.05) is 37.3 Å². The number of methoxy groups -OCH3 is 3. The molecule has 1 aromatic carbocycles. The molecule has 1 aromatic rings. The predicted molar refractivity (Wildman–Crippen MR) is 114 cm³/mol. The summed E-state index contributed by atoms with van der Waals surface area (Å²) < 4.78 is 16.2. The molecular weight excluding hydrogens is 380 g/mol. The first-order chi connectivity index (χ1) is 14.5. The van der Waals surface area contributed by atoms with E-state index in [-0.39, 0.29) is 5.91 Å². The van der Waals surface area contributed by atoms with Crippen molar-refractivity contribution in [2.24, 2.45) is 17.8 Å². The topological polar surface area (TPSA) is 51.2 Å². The summed E-state index contributed by atoms with van der Waals surface area (Å²) in [6, 6.07) is 3.52. The van der Waals surface area contributed by atoms with Crippen LogP contribution in [0.25, 0.3) is 0 Å². The van der Waals surface area contributed by atoms with Gasteiger partial charge in [0.25, 0.3) is 5.91 Å². The van der Waals surface area contributed by atoms with Gasteiger partial charge in [-0.15, -0.1) is 0 Å². The van der Waals surface area contributed by atoms with Crippen LogP contribution in [0, 0.1) is 17.8 Å². The van der Waals surface area contributed by atoms with Gasteiger partial charge in [0.1, 0.15) is 0 Å². The van der Waals surface area contributed by atoms with Crippen LogP contribution in [-0.2, 0) is 0 Å². The predicted octanol–water partition coefficient (Wildman–Crippen LogP) is 3.44. The summed E-state index contributed by atoms with van der Waals surface area (Å²) >= 11 is 0. The van der Waals surface area contributed by atoms with Crippen LogP contribution >= 0.6 is 0 Å². The molecule has 5 aliphatic rings. The molecule has 0 N–H and O–H groups in total. The summed E-state index contributed by atoms with van der Waals surface area (Å²) in [6.07, 6.45) is 8.58. The van der Waals surface area contributed by atoms with Crippen molar-refractivity contribution in [1.82, 2.24) is 9.80 Å². The highest BCUT2D eigenvalue weighted by molar-refractivity contribution is 5.95. The Morgan fingerprint density at radius 1 is 0.833 bits per heavy atom. The van der Waals surface area contributed by atoms with E-state index < -0.39 is 0 Å². The minimum Gasteiger partial charge on any atom is -0.493 e. The lowest BCUT2D eigenvalue weighted by Crippen LogP contribution is -2.64. The second kappa shape index (κ2) is 7.63. The Bertz CT molecular complexity index is 755. The van der Waals surface area contributed by atoms with Crippen molar-refractivity contribution in [1.29, 1.82) is 0 Å². The van der Waals surface area contributed by atoms with Crippen molar-refractivity contribution < 1.29 is 19.0 Å². The fourth-order valence-corrected chi connectivity index (χ4v) is 7.22. The molecule has 0 spiro atoms. The Hall–Kier alpha value is -1.95. The average molecular weight is 415 g/mol. The monoisotopic (exact) mass is 414 g/mol. The number of hydrogen-bond donors (Lipinski definition) is 0. The molecule has 1 saturated heterocycles. The van der Waals surface area contributed by atoms with E-state index in [9.17, 15) is 4.79 Å². The third kappa shape index (κ3) is 3.24. The third-order valence-electron chi connectivity index (χ3n) is 8.16. The lowest BCUT2D eigenvalue weighted by atomic mass is 9.52. The largest absolute Gasteiger partial charge is 0.493 e. The fraction of sp³-hybridized carbons (Fsp3) is 0.708. The van der Waals surface area contributed by atoms with Gasteiger partial charge in [0.15, 0.2) is 11.5 Å². The minimum absolute atomic E-state index is 0.0411. The molecule has 1 heterocycles. The van der Waals surface area contributed by atoms with Crippen LogP contribution in [0.1, 0.15) is 48.9 Å². The van der Waals surface area contributed by atoms with E-state index in [2.05, 4.69) is 4.90 Å². The van der Waals surface area contributed by atoms with Crippen LogP contribution in [-0.4, -0.2) is 68.8 Å². The summed E-state index contributed by atoms with van der Waals surface area (Å²) in [6.45, 7) is 3.55. The molecule has 4 aliphatic carbocycles. The second-order valence-electron chi connectivity index (χ2n) is 9.84. The van der Waals surface area contributed by atoms with Crippen LogP contribution in [0.2, 0.25) is 0 Å². The van der Waals surface area contributed by atoms with Crippen LogP contribution in [0.3, 0.4) is 0 Å². The van der Waals surface area contributed by atoms with Crippen LogP contribution in [0.15, 0.2) is 12.1 Å². The van der Waals surface area contributed by atoms with E-state index in [1.165, 1.54) is 38.5 Å². The van der Waals surface area contributed by atoms with Crippen molar-refractivity contribution >= 4 is 5.91 Å². The van der Waals surface area contributed by atoms with E-state index in [1.54, 1.807) is 33.5 Å². The summed E-state index contributed by atoms with van der Waals surface area (Å²) in [7, 11) is 4.73. The average Bonchev–Trinajstić information content (AvgIpc) is 2.76. The van der Waals surface area contributed by atoms with E-state index in [1.807, 2.05) is 4.90 Å². The van der Waals surface area contributed by atoms with Gasteiger partial charge >= 0.3 is 0 Å². The first kappa shape index (κ1) is 20.0. The van der Waals surface area contributed by atoms with Crippen molar-refractivity contribution in [2.75, 3.05) is 47.5 Å². The summed E-state index contributed by atoms with van der Waals surface area (Å²) in [5.41, 5.74) is 1.02. The Kier molecular flexibility index (Phi) is 5.08. The standard InChI is InChI=1S/C24H34N2O4/c1-28-20-11-19(12-21(29-2)22(20)30-3)23(27)25-4-6-26(7-5-25)24-13-16-8-17(14-24)10-18(9-16)15-24/h11-12,16-18H,4-10,13-15H2,1-3H3. The molecule has 0 atom stereocenters. The van der Waals surface area contributed by atoms with Crippen molar-refractivity contribution in [2.45, 2.75) is 44.1 Å². The molecular formula is C24H34N2O4.